The van der Waals surface area contributed by atoms with Crippen LogP contribution in [-0.2, 0) is 14.3 Å². The average Bonchev–Trinajstić information content (AvgIpc) is 3.40. The number of amides is 1. The van der Waals surface area contributed by atoms with Crippen molar-refractivity contribution in [3.63, 3.8) is 0 Å². The maximum absolute atomic E-state index is 13.1. The molecule has 0 saturated heterocycles. The summed E-state index contributed by atoms with van der Waals surface area (Å²) in [5.41, 5.74) is 1.22. The number of anilines is 1. The molecule has 2 bridgehead atoms. The summed E-state index contributed by atoms with van der Waals surface area (Å²) >= 11 is 0. The second kappa shape index (κ2) is 8.69. The molecule has 0 aliphatic heterocycles. The van der Waals surface area contributed by atoms with Gasteiger partial charge in [0.15, 0.2) is 12.4 Å². The second-order valence-corrected chi connectivity index (χ2v) is 8.00. The molecule has 30 heavy (non-hydrogen) atoms. The highest BCUT2D eigenvalue weighted by atomic mass is 16.5. The molecule has 4 rings (SSSR count). The number of benzene rings is 2. The van der Waals surface area contributed by atoms with Crippen LogP contribution >= 0.6 is 0 Å². The second-order valence-electron chi connectivity index (χ2n) is 8.00. The number of hydrogen-bond acceptors (Lipinski definition) is 5. The van der Waals surface area contributed by atoms with Crippen LogP contribution in [0.15, 0.2) is 54.6 Å². The predicted octanol–water partition coefficient (Wildman–Crippen LogP) is 3.72. The van der Waals surface area contributed by atoms with E-state index in [4.69, 9.17) is 9.47 Å². The molecule has 0 radical (unpaired) electrons. The average molecular weight is 407 g/mol. The molecule has 1 N–H and O–H groups in total. The minimum atomic E-state index is -0.467. The summed E-state index contributed by atoms with van der Waals surface area (Å²) in [4.78, 5) is 38.1. The van der Waals surface area contributed by atoms with Gasteiger partial charge in [0.05, 0.1) is 13.0 Å². The Hall–Kier alpha value is -3.15. The largest absolute Gasteiger partial charge is 0.497 e. The van der Waals surface area contributed by atoms with Crippen molar-refractivity contribution < 1.29 is 23.9 Å². The number of hydrogen-bond donors (Lipinski definition) is 1. The summed E-state index contributed by atoms with van der Waals surface area (Å²) in [6, 6.07) is 16.0. The Morgan fingerprint density at radius 2 is 1.60 bits per heavy atom. The quantitative estimate of drug-likeness (QED) is 0.559. The molecule has 0 unspecified atom stereocenters. The number of rotatable bonds is 7. The Balaban J connectivity index is 1.38. The Morgan fingerprint density at radius 1 is 0.933 bits per heavy atom. The van der Waals surface area contributed by atoms with Gasteiger partial charge in [-0.25, -0.2) is 0 Å². The molecule has 1 amide bonds. The first-order valence-corrected chi connectivity index (χ1v) is 10.3. The van der Waals surface area contributed by atoms with E-state index in [1.807, 2.05) is 18.2 Å². The molecule has 0 aromatic heterocycles. The SMILES string of the molecule is COc1ccc(NC(=O)COC(=O)[C@H]2[C@H]3CC[C@@H](C3)[C@H]2C(=O)c2ccccc2)cc1. The molecule has 156 valence electrons. The Morgan fingerprint density at radius 3 is 2.27 bits per heavy atom. The van der Waals surface area contributed by atoms with Gasteiger partial charge in [0.1, 0.15) is 5.75 Å². The van der Waals surface area contributed by atoms with E-state index in [1.165, 1.54) is 0 Å². The number of ether oxygens (including phenoxy) is 2. The molecule has 2 aromatic carbocycles. The van der Waals surface area contributed by atoms with Crippen LogP contribution in [0.3, 0.4) is 0 Å². The van der Waals surface area contributed by atoms with E-state index in [0.29, 0.717) is 17.0 Å². The molecular weight excluding hydrogens is 382 g/mol. The normalized spacial score (nSPS) is 24.3. The first kappa shape index (κ1) is 20.1. The van der Waals surface area contributed by atoms with E-state index in [0.717, 1.165) is 19.3 Å². The Bertz CT molecular complexity index is 924. The lowest BCUT2D eigenvalue weighted by molar-refractivity contribution is -0.154. The molecule has 6 heteroatoms. The molecule has 2 aliphatic rings. The van der Waals surface area contributed by atoms with Crippen molar-refractivity contribution in [2.75, 3.05) is 19.0 Å². The summed E-state index contributed by atoms with van der Waals surface area (Å²) in [5, 5.41) is 2.69. The van der Waals surface area contributed by atoms with Crippen LogP contribution in [0.1, 0.15) is 29.6 Å². The van der Waals surface area contributed by atoms with Crippen molar-refractivity contribution in [2.45, 2.75) is 19.3 Å². The highest BCUT2D eigenvalue weighted by molar-refractivity contribution is 6.01. The summed E-state index contributed by atoms with van der Waals surface area (Å²) in [7, 11) is 1.57. The third-order valence-electron chi connectivity index (χ3n) is 6.27. The van der Waals surface area contributed by atoms with Crippen molar-refractivity contribution in [1.29, 1.82) is 0 Å². The zero-order valence-corrected chi connectivity index (χ0v) is 16.9. The third kappa shape index (κ3) is 4.08. The Labute approximate surface area is 175 Å². The maximum Gasteiger partial charge on any atom is 0.310 e. The van der Waals surface area contributed by atoms with Gasteiger partial charge in [-0.15, -0.1) is 0 Å². The molecule has 0 heterocycles. The van der Waals surface area contributed by atoms with Crippen molar-refractivity contribution >= 4 is 23.3 Å². The predicted molar refractivity (Wildman–Crippen MR) is 111 cm³/mol. The van der Waals surface area contributed by atoms with E-state index < -0.39 is 17.8 Å². The summed E-state index contributed by atoms with van der Waals surface area (Å²) < 4.78 is 10.4. The fourth-order valence-electron chi connectivity index (χ4n) is 4.91. The van der Waals surface area contributed by atoms with Crippen LogP contribution in [-0.4, -0.2) is 31.4 Å². The molecule has 2 aromatic rings. The van der Waals surface area contributed by atoms with Gasteiger partial charge in [-0.1, -0.05) is 30.3 Å². The van der Waals surface area contributed by atoms with Crippen LogP contribution < -0.4 is 10.1 Å². The van der Waals surface area contributed by atoms with Crippen molar-refractivity contribution in [2.24, 2.45) is 23.7 Å². The number of carbonyl (C=O) groups is 3. The molecule has 0 spiro atoms. The number of Topliss-reactive ketones (excluding diaryl/α,β-unsaturated/α-hetero) is 1. The van der Waals surface area contributed by atoms with Gasteiger partial charge in [0.25, 0.3) is 5.91 Å². The van der Waals surface area contributed by atoms with Gasteiger partial charge in [-0.05, 0) is 55.4 Å². The summed E-state index contributed by atoms with van der Waals surface area (Å²) in [6.45, 7) is -0.370. The minimum Gasteiger partial charge on any atom is -0.497 e. The van der Waals surface area contributed by atoms with Crippen LogP contribution in [0.25, 0.3) is 0 Å². The molecule has 2 saturated carbocycles. The summed E-state index contributed by atoms with van der Waals surface area (Å²) in [5.74, 6) is -0.618. The number of carbonyl (C=O) groups excluding carboxylic acids is 3. The van der Waals surface area contributed by atoms with Crippen LogP contribution in [0.4, 0.5) is 5.69 Å². The molecule has 2 fully saturated rings. The minimum absolute atomic E-state index is 0.00688. The first-order valence-electron chi connectivity index (χ1n) is 10.3. The van der Waals surface area contributed by atoms with E-state index in [2.05, 4.69) is 5.32 Å². The van der Waals surface area contributed by atoms with E-state index >= 15 is 0 Å². The lowest BCUT2D eigenvalue weighted by Gasteiger charge is -2.28. The number of methoxy groups -OCH3 is 1. The first-order chi connectivity index (χ1) is 14.6. The van der Waals surface area contributed by atoms with Crippen molar-refractivity contribution in [1.82, 2.24) is 0 Å². The number of nitrogens with one attached hydrogen (secondary N) is 1. The topological polar surface area (TPSA) is 81.7 Å². The zero-order valence-electron chi connectivity index (χ0n) is 16.9. The van der Waals surface area contributed by atoms with Gasteiger partial charge in [0.2, 0.25) is 0 Å². The van der Waals surface area contributed by atoms with Gasteiger partial charge >= 0.3 is 5.97 Å². The number of ketones is 1. The highest BCUT2D eigenvalue weighted by Crippen LogP contribution is 2.53. The lowest BCUT2D eigenvalue weighted by Crippen LogP contribution is -2.37. The van der Waals surface area contributed by atoms with Crippen LogP contribution in [0.5, 0.6) is 5.75 Å². The number of esters is 1. The van der Waals surface area contributed by atoms with Gasteiger partial charge < -0.3 is 14.8 Å². The fraction of sp³-hybridized carbons (Fsp3) is 0.375. The van der Waals surface area contributed by atoms with Gasteiger partial charge in [0, 0.05) is 17.2 Å². The third-order valence-corrected chi connectivity index (χ3v) is 6.27. The maximum atomic E-state index is 13.1. The molecule has 4 atom stereocenters. The standard InChI is InChI=1S/C24H25NO5/c1-29-19-11-9-18(10-12-19)25-20(26)14-30-24(28)22-17-8-7-16(13-17)21(22)23(27)15-5-3-2-4-6-15/h2-6,9-12,16-17,21-22H,7-8,13-14H2,1H3,(H,25,26)/t16-,17-,21+,22-/m0/s1. The summed E-state index contributed by atoms with van der Waals surface area (Å²) in [6.07, 6.45) is 2.78. The van der Waals surface area contributed by atoms with Gasteiger partial charge in [-0.3, -0.25) is 14.4 Å². The Kier molecular flexibility index (Phi) is 5.84. The van der Waals surface area contributed by atoms with Crippen molar-refractivity contribution in [3.05, 3.63) is 60.2 Å². The highest BCUT2D eigenvalue weighted by Gasteiger charge is 2.54. The molecule has 2 aliphatic carbocycles. The lowest BCUT2D eigenvalue weighted by atomic mass is 9.75. The monoisotopic (exact) mass is 407 g/mol. The van der Waals surface area contributed by atoms with E-state index in [-0.39, 0.29) is 30.1 Å². The van der Waals surface area contributed by atoms with Crippen molar-refractivity contribution in [3.8, 4) is 5.75 Å². The smallest absolute Gasteiger partial charge is 0.310 e. The fourth-order valence-corrected chi connectivity index (χ4v) is 4.91. The van der Waals surface area contributed by atoms with Crippen LogP contribution in [0.2, 0.25) is 0 Å². The van der Waals surface area contributed by atoms with E-state index in [9.17, 15) is 14.4 Å². The van der Waals surface area contributed by atoms with E-state index in [1.54, 1.807) is 43.5 Å². The number of fused-ring (bicyclic) bond motifs is 2. The van der Waals surface area contributed by atoms with Crippen LogP contribution in [0, 0.1) is 23.7 Å². The molecular formula is C24H25NO5. The molecule has 6 nitrogen and oxygen atoms in total. The zero-order chi connectivity index (χ0) is 21.1. The van der Waals surface area contributed by atoms with Gasteiger partial charge in [-0.2, -0.15) is 0 Å².